The fourth-order valence-electron chi connectivity index (χ4n) is 3.29. The highest BCUT2D eigenvalue weighted by atomic mass is 16.3. The lowest BCUT2D eigenvalue weighted by molar-refractivity contribution is 0.550. The predicted octanol–water partition coefficient (Wildman–Crippen LogP) is 6.90. The van der Waals surface area contributed by atoms with Crippen LogP contribution in [0.4, 0.5) is 0 Å². The van der Waals surface area contributed by atoms with E-state index >= 15 is 0 Å². The van der Waals surface area contributed by atoms with Crippen molar-refractivity contribution in [2.45, 2.75) is 13.8 Å². The third-order valence-corrected chi connectivity index (χ3v) is 4.52. The molecule has 0 bridgehead atoms. The van der Waals surface area contributed by atoms with Crippen molar-refractivity contribution in [2.75, 3.05) is 0 Å². The summed E-state index contributed by atoms with van der Waals surface area (Å²) >= 11 is 0. The number of aryl methyl sites for hydroxylation is 2. The lowest BCUT2D eigenvalue weighted by atomic mass is 9.93. The molecule has 122 valence electrons. The Morgan fingerprint density at radius 3 is 1.60 bits per heavy atom. The summed E-state index contributed by atoms with van der Waals surface area (Å²) in [5.41, 5.74) is 7.04. The maximum atomic E-state index is 6.28. The molecule has 25 heavy (non-hydrogen) atoms. The smallest absolute Gasteiger partial charge is 0.142 e. The molecule has 1 aromatic heterocycles. The largest absolute Gasteiger partial charge is 0.460 e. The quantitative estimate of drug-likeness (QED) is 0.399. The Morgan fingerprint density at radius 2 is 1.04 bits per heavy atom. The number of benzene rings is 3. The van der Waals surface area contributed by atoms with E-state index in [2.05, 4.69) is 79.7 Å². The van der Waals surface area contributed by atoms with E-state index in [0.717, 1.165) is 22.6 Å². The molecule has 4 rings (SSSR count). The molecule has 0 amide bonds. The zero-order valence-electron chi connectivity index (χ0n) is 14.5. The van der Waals surface area contributed by atoms with Crippen molar-refractivity contribution in [1.29, 1.82) is 0 Å². The topological polar surface area (TPSA) is 13.1 Å². The van der Waals surface area contributed by atoms with Gasteiger partial charge in [0, 0.05) is 16.7 Å². The SMILES string of the molecule is Cc1ccc(-c2oc(C)c(-c3ccccc3)c2-c2ccccc2)cc1. The van der Waals surface area contributed by atoms with Gasteiger partial charge in [0.05, 0.1) is 0 Å². The van der Waals surface area contributed by atoms with E-state index in [1.165, 1.54) is 22.3 Å². The van der Waals surface area contributed by atoms with Crippen LogP contribution in [0.5, 0.6) is 0 Å². The Morgan fingerprint density at radius 1 is 0.520 bits per heavy atom. The summed E-state index contributed by atoms with van der Waals surface area (Å²) < 4.78 is 6.28. The van der Waals surface area contributed by atoms with Gasteiger partial charge in [-0.2, -0.15) is 0 Å². The predicted molar refractivity (Wildman–Crippen MR) is 104 cm³/mol. The molecule has 0 N–H and O–H groups in total. The summed E-state index contributed by atoms with van der Waals surface area (Å²) in [6.45, 7) is 4.15. The third kappa shape index (κ3) is 2.89. The molecular weight excluding hydrogens is 304 g/mol. The molecule has 0 aliphatic rings. The highest BCUT2D eigenvalue weighted by Gasteiger charge is 2.21. The molecule has 0 atom stereocenters. The van der Waals surface area contributed by atoms with E-state index in [0.29, 0.717) is 0 Å². The van der Waals surface area contributed by atoms with Crippen molar-refractivity contribution in [1.82, 2.24) is 0 Å². The molecule has 0 spiro atoms. The van der Waals surface area contributed by atoms with Crippen molar-refractivity contribution in [3.05, 3.63) is 96.3 Å². The second-order valence-electron chi connectivity index (χ2n) is 6.34. The molecule has 0 fully saturated rings. The van der Waals surface area contributed by atoms with Gasteiger partial charge >= 0.3 is 0 Å². The standard InChI is InChI=1S/C24H20O/c1-17-13-15-21(16-14-17)24-23(20-11-7-4-8-12-20)22(18(2)25-24)19-9-5-3-6-10-19/h3-16H,1-2H3. The minimum Gasteiger partial charge on any atom is -0.460 e. The summed E-state index contributed by atoms with van der Waals surface area (Å²) in [5, 5.41) is 0. The number of hydrogen-bond acceptors (Lipinski definition) is 1. The molecule has 0 aliphatic carbocycles. The first-order valence-corrected chi connectivity index (χ1v) is 8.55. The summed E-state index contributed by atoms with van der Waals surface area (Å²) in [6, 6.07) is 29.5. The molecule has 4 aromatic rings. The van der Waals surface area contributed by atoms with Crippen LogP contribution in [0.2, 0.25) is 0 Å². The molecular formula is C24H20O. The van der Waals surface area contributed by atoms with Gasteiger partial charge in [-0.15, -0.1) is 0 Å². The molecule has 1 nitrogen and oxygen atoms in total. The van der Waals surface area contributed by atoms with E-state index < -0.39 is 0 Å². The van der Waals surface area contributed by atoms with Crippen LogP contribution < -0.4 is 0 Å². The molecule has 0 unspecified atom stereocenters. The van der Waals surface area contributed by atoms with Crippen LogP contribution in [0.1, 0.15) is 11.3 Å². The first-order chi connectivity index (χ1) is 12.2. The maximum Gasteiger partial charge on any atom is 0.142 e. The Kier molecular flexibility index (Phi) is 3.99. The normalized spacial score (nSPS) is 10.8. The molecule has 1 heteroatoms. The summed E-state index contributed by atoms with van der Waals surface area (Å²) in [6.07, 6.45) is 0. The Hall–Kier alpha value is -3.06. The van der Waals surface area contributed by atoms with Gasteiger partial charge in [-0.3, -0.25) is 0 Å². The van der Waals surface area contributed by atoms with Crippen LogP contribution in [0.15, 0.2) is 89.3 Å². The molecule has 1 heterocycles. The zero-order chi connectivity index (χ0) is 17.2. The monoisotopic (exact) mass is 324 g/mol. The van der Waals surface area contributed by atoms with Crippen LogP contribution in [0.25, 0.3) is 33.6 Å². The van der Waals surface area contributed by atoms with Crippen molar-refractivity contribution in [2.24, 2.45) is 0 Å². The van der Waals surface area contributed by atoms with E-state index in [1.54, 1.807) is 0 Å². The van der Waals surface area contributed by atoms with Crippen molar-refractivity contribution in [3.63, 3.8) is 0 Å². The van der Waals surface area contributed by atoms with E-state index in [1.807, 2.05) is 19.1 Å². The van der Waals surface area contributed by atoms with Gasteiger partial charge in [0.2, 0.25) is 0 Å². The minimum absolute atomic E-state index is 0.933. The van der Waals surface area contributed by atoms with Gasteiger partial charge in [0.15, 0.2) is 0 Å². The van der Waals surface area contributed by atoms with Crippen LogP contribution >= 0.6 is 0 Å². The van der Waals surface area contributed by atoms with Crippen LogP contribution in [-0.4, -0.2) is 0 Å². The lowest BCUT2D eigenvalue weighted by Crippen LogP contribution is -1.85. The van der Waals surface area contributed by atoms with Crippen molar-refractivity contribution >= 4 is 0 Å². The Labute approximate surface area is 148 Å². The van der Waals surface area contributed by atoms with Crippen molar-refractivity contribution < 1.29 is 4.42 Å². The zero-order valence-corrected chi connectivity index (χ0v) is 14.5. The molecule has 3 aromatic carbocycles. The Bertz CT molecular complexity index is 978. The van der Waals surface area contributed by atoms with E-state index in [-0.39, 0.29) is 0 Å². The van der Waals surface area contributed by atoms with Crippen LogP contribution in [0, 0.1) is 13.8 Å². The van der Waals surface area contributed by atoms with Gasteiger partial charge in [-0.1, -0.05) is 90.5 Å². The fourth-order valence-corrected chi connectivity index (χ4v) is 3.29. The van der Waals surface area contributed by atoms with Crippen LogP contribution in [0.3, 0.4) is 0 Å². The first kappa shape index (κ1) is 15.5. The van der Waals surface area contributed by atoms with E-state index in [4.69, 9.17) is 4.42 Å². The van der Waals surface area contributed by atoms with Crippen molar-refractivity contribution in [3.8, 4) is 33.6 Å². The number of rotatable bonds is 3. The Balaban J connectivity index is 2.01. The summed E-state index contributed by atoms with van der Waals surface area (Å²) in [4.78, 5) is 0. The second kappa shape index (κ2) is 6.45. The van der Waals surface area contributed by atoms with Gasteiger partial charge in [-0.25, -0.2) is 0 Å². The third-order valence-electron chi connectivity index (χ3n) is 4.52. The van der Waals surface area contributed by atoms with Gasteiger partial charge in [0.25, 0.3) is 0 Å². The van der Waals surface area contributed by atoms with Gasteiger partial charge in [-0.05, 0) is 25.0 Å². The molecule has 0 saturated heterocycles. The van der Waals surface area contributed by atoms with E-state index in [9.17, 15) is 0 Å². The summed E-state index contributed by atoms with van der Waals surface area (Å²) in [7, 11) is 0. The lowest BCUT2D eigenvalue weighted by Gasteiger charge is -2.08. The highest BCUT2D eigenvalue weighted by molar-refractivity contribution is 5.93. The number of furan rings is 1. The molecule has 0 saturated carbocycles. The average Bonchev–Trinajstić information content (AvgIpc) is 3.01. The maximum absolute atomic E-state index is 6.28. The number of hydrogen-bond donors (Lipinski definition) is 0. The highest BCUT2D eigenvalue weighted by Crippen LogP contribution is 2.44. The van der Waals surface area contributed by atoms with Gasteiger partial charge in [0.1, 0.15) is 11.5 Å². The first-order valence-electron chi connectivity index (χ1n) is 8.55. The summed E-state index contributed by atoms with van der Waals surface area (Å²) in [5.74, 6) is 1.88. The second-order valence-corrected chi connectivity index (χ2v) is 6.34. The minimum atomic E-state index is 0.933. The molecule has 0 radical (unpaired) electrons. The van der Waals surface area contributed by atoms with Crippen LogP contribution in [-0.2, 0) is 0 Å². The molecule has 0 aliphatic heterocycles. The average molecular weight is 324 g/mol. The fraction of sp³-hybridized carbons (Fsp3) is 0.0833. The van der Waals surface area contributed by atoms with Gasteiger partial charge < -0.3 is 4.42 Å².